The second-order valence-electron chi connectivity index (χ2n) is 11.1. The third-order valence-electron chi connectivity index (χ3n) is 6.78. The number of aryl methyl sites for hydroxylation is 1. The Morgan fingerprint density at radius 2 is 1.98 bits per heavy atom. The van der Waals surface area contributed by atoms with E-state index in [9.17, 15) is 18.4 Å². The van der Waals surface area contributed by atoms with E-state index in [0.717, 1.165) is 28.0 Å². The number of hydrogen-bond acceptors (Lipinski definition) is 9. The predicted molar refractivity (Wildman–Crippen MR) is 149 cm³/mol. The van der Waals surface area contributed by atoms with E-state index in [1.807, 2.05) is 13.8 Å². The summed E-state index contributed by atoms with van der Waals surface area (Å²) in [5.41, 5.74) is 3.66. The van der Waals surface area contributed by atoms with Gasteiger partial charge in [-0.1, -0.05) is 0 Å². The number of pyridine rings is 1. The summed E-state index contributed by atoms with van der Waals surface area (Å²) >= 11 is 1.10. The van der Waals surface area contributed by atoms with Gasteiger partial charge in [-0.25, -0.2) is 13.6 Å². The molecule has 1 aromatic heterocycles. The van der Waals surface area contributed by atoms with Crippen molar-refractivity contribution in [3.63, 3.8) is 0 Å². The van der Waals surface area contributed by atoms with Gasteiger partial charge < -0.3 is 14.4 Å². The molecule has 218 valence electrons. The van der Waals surface area contributed by atoms with Crippen molar-refractivity contribution in [2.75, 3.05) is 20.2 Å². The standard InChI is InChI=1S/C27H31F2N7O4S/c1-14-10-30-19(15(2)22(14)39-6)11-36-32-18-9-16(24(37)35-8-7-27(28,29)13-35)17-12-41-34-23(21(33-36)20(17)18)31-25(38)40-26(3,4)5/h9-10H,7-8,11-13H2,1-6H3,(H,31,34,38). The van der Waals surface area contributed by atoms with Crippen LogP contribution in [0.3, 0.4) is 0 Å². The van der Waals surface area contributed by atoms with Crippen molar-refractivity contribution in [2.45, 2.75) is 64.9 Å². The highest BCUT2D eigenvalue weighted by molar-refractivity contribution is 7.97. The fourth-order valence-electron chi connectivity index (χ4n) is 4.95. The first-order valence-electron chi connectivity index (χ1n) is 13.0. The number of amidine groups is 1. The molecule has 0 aromatic carbocycles. The van der Waals surface area contributed by atoms with Crippen LogP contribution in [0.25, 0.3) is 11.3 Å². The summed E-state index contributed by atoms with van der Waals surface area (Å²) in [5.74, 6) is -2.34. The number of ether oxygens (including phenoxy) is 2. The largest absolute Gasteiger partial charge is 0.496 e. The number of aromatic nitrogens is 4. The Kier molecular flexibility index (Phi) is 7.38. The molecular weight excluding hydrogens is 556 g/mol. The fraction of sp³-hybridized carbons (Fsp3) is 0.481. The number of amides is 2. The first-order chi connectivity index (χ1) is 19.3. The molecule has 0 bridgehead atoms. The number of nitrogens with zero attached hydrogens (tertiary/aromatic N) is 6. The number of nitrogens with one attached hydrogen (secondary N) is 1. The van der Waals surface area contributed by atoms with Crippen LogP contribution in [0.2, 0.25) is 0 Å². The van der Waals surface area contributed by atoms with Gasteiger partial charge in [0.15, 0.2) is 5.84 Å². The monoisotopic (exact) mass is 587 g/mol. The maximum Gasteiger partial charge on any atom is 0.413 e. The summed E-state index contributed by atoms with van der Waals surface area (Å²) in [4.78, 5) is 33.3. The Bertz CT molecular complexity index is 1530. The summed E-state index contributed by atoms with van der Waals surface area (Å²) in [6.45, 7) is 8.49. The number of alkyl carbamates (subject to hydrolysis) is 1. The van der Waals surface area contributed by atoms with Crippen LogP contribution in [0.1, 0.15) is 65.6 Å². The number of halogens is 2. The maximum absolute atomic E-state index is 14.0. The van der Waals surface area contributed by atoms with Gasteiger partial charge in [-0.2, -0.15) is 19.4 Å². The van der Waals surface area contributed by atoms with Crippen molar-refractivity contribution in [3.8, 4) is 17.0 Å². The summed E-state index contributed by atoms with van der Waals surface area (Å²) in [5, 5.41) is 12.0. The maximum atomic E-state index is 14.0. The second kappa shape index (κ2) is 10.5. The molecule has 1 N–H and O–H groups in total. The van der Waals surface area contributed by atoms with Crippen LogP contribution < -0.4 is 10.1 Å². The zero-order chi connectivity index (χ0) is 29.7. The fourth-order valence-corrected chi connectivity index (χ4v) is 5.70. The molecule has 4 aliphatic rings. The molecule has 1 fully saturated rings. The molecule has 0 radical (unpaired) electrons. The first-order valence-corrected chi connectivity index (χ1v) is 14.0. The molecule has 14 heteroatoms. The van der Waals surface area contributed by atoms with Gasteiger partial charge in [-0.15, -0.1) is 0 Å². The SMILES string of the molecule is COc1c(C)cnc(Cn2nc3cc(C(=O)N4CCC(F)(F)C4)c4c-3c(n2)C(NC(=O)OC(C)(C)C)=NSC4)c1C. The molecule has 0 saturated carbocycles. The third-order valence-corrected chi connectivity index (χ3v) is 7.51. The summed E-state index contributed by atoms with van der Waals surface area (Å²) in [6, 6.07) is 1.60. The minimum absolute atomic E-state index is 0.0410. The predicted octanol–water partition coefficient (Wildman–Crippen LogP) is 4.37. The van der Waals surface area contributed by atoms with Crippen molar-refractivity contribution >= 4 is 29.8 Å². The zero-order valence-corrected chi connectivity index (χ0v) is 24.5. The Hall–Kier alpha value is -3.81. The van der Waals surface area contributed by atoms with E-state index in [-0.39, 0.29) is 42.4 Å². The molecule has 41 heavy (non-hydrogen) atoms. The van der Waals surface area contributed by atoms with Crippen LogP contribution in [0.4, 0.5) is 13.6 Å². The van der Waals surface area contributed by atoms with E-state index in [1.165, 1.54) is 4.80 Å². The summed E-state index contributed by atoms with van der Waals surface area (Å²) in [7, 11) is 1.59. The van der Waals surface area contributed by atoms with E-state index in [0.29, 0.717) is 28.3 Å². The molecule has 3 aliphatic heterocycles. The number of methoxy groups -OCH3 is 1. The highest BCUT2D eigenvalue weighted by Crippen LogP contribution is 2.39. The molecule has 0 unspecified atom stereocenters. The van der Waals surface area contributed by atoms with Crippen molar-refractivity contribution in [1.82, 2.24) is 30.2 Å². The van der Waals surface area contributed by atoms with Crippen LogP contribution in [0, 0.1) is 13.8 Å². The van der Waals surface area contributed by atoms with E-state index in [4.69, 9.17) is 14.6 Å². The Morgan fingerprint density at radius 3 is 2.63 bits per heavy atom. The molecule has 5 rings (SSSR count). The highest BCUT2D eigenvalue weighted by atomic mass is 32.2. The molecular formula is C27H31F2N7O4S. The molecule has 1 aliphatic carbocycles. The van der Waals surface area contributed by atoms with Crippen LogP contribution in [-0.2, 0) is 17.0 Å². The van der Waals surface area contributed by atoms with E-state index >= 15 is 0 Å². The van der Waals surface area contributed by atoms with Crippen LogP contribution in [0.15, 0.2) is 16.7 Å². The normalized spacial score (nSPS) is 16.4. The number of carbonyl (C=O) groups is 2. The lowest BCUT2D eigenvalue weighted by Crippen LogP contribution is -2.37. The van der Waals surface area contributed by atoms with Gasteiger partial charge in [0.05, 0.1) is 25.0 Å². The summed E-state index contributed by atoms with van der Waals surface area (Å²) in [6.07, 6.45) is 0.598. The zero-order valence-electron chi connectivity index (χ0n) is 23.7. The number of alkyl halides is 2. The molecule has 4 heterocycles. The molecule has 1 aromatic rings. The Labute approximate surface area is 240 Å². The number of rotatable bonds is 4. The number of likely N-dealkylation sites (tertiary alicyclic amines) is 1. The van der Waals surface area contributed by atoms with Gasteiger partial charge in [-0.05, 0) is 58.2 Å². The lowest BCUT2D eigenvalue weighted by Gasteiger charge is -2.20. The molecule has 0 atom stereocenters. The van der Waals surface area contributed by atoms with Gasteiger partial charge in [0.25, 0.3) is 11.8 Å². The van der Waals surface area contributed by atoms with E-state index in [1.54, 1.807) is 40.1 Å². The average molecular weight is 588 g/mol. The van der Waals surface area contributed by atoms with Gasteiger partial charge >= 0.3 is 6.09 Å². The van der Waals surface area contributed by atoms with Gasteiger partial charge in [0, 0.05) is 47.2 Å². The average Bonchev–Trinajstić information content (AvgIpc) is 3.37. The number of carbonyl (C=O) groups excluding carboxylic acids is 2. The van der Waals surface area contributed by atoms with Gasteiger partial charge in [0.1, 0.15) is 23.6 Å². The minimum atomic E-state index is -2.92. The number of hydrogen-bond donors (Lipinski definition) is 1. The van der Waals surface area contributed by atoms with E-state index in [2.05, 4.69) is 19.8 Å². The molecule has 11 nitrogen and oxygen atoms in total. The third kappa shape index (κ3) is 5.83. The quantitative estimate of drug-likeness (QED) is 0.447. The smallest absolute Gasteiger partial charge is 0.413 e. The summed E-state index contributed by atoms with van der Waals surface area (Å²) < 4.78 is 43.3. The lowest BCUT2D eigenvalue weighted by atomic mass is 10.1. The Balaban J connectivity index is 1.60. The molecule has 1 saturated heterocycles. The second-order valence-corrected chi connectivity index (χ2v) is 11.8. The molecule has 0 spiro atoms. The van der Waals surface area contributed by atoms with E-state index < -0.39 is 30.1 Å². The highest BCUT2D eigenvalue weighted by Gasteiger charge is 2.42. The van der Waals surface area contributed by atoms with Crippen LogP contribution in [-0.4, -0.2) is 74.4 Å². The van der Waals surface area contributed by atoms with Gasteiger partial charge in [-0.3, -0.25) is 15.1 Å². The van der Waals surface area contributed by atoms with Crippen LogP contribution >= 0.6 is 11.9 Å². The van der Waals surface area contributed by atoms with Crippen molar-refractivity contribution in [1.29, 1.82) is 0 Å². The lowest BCUT2D eigenvalue weighted by molar-refractivity contribution is 0.0120. The van der Waals surface area contributed by atoms with Gasteiger partial charge in [0.2, 0.25) is 0 Å². The topological polar surface area (TPSA) is 124 Å². The van der Waals surface area contributed by atoms with Crippen molar-refractivity contribution in [2.24, 2.45) is 4.40 Å². The van der Waals surface area contributed by atoms with Crippen molar-refractivity contribution < 1.29 is 27.8 Å². The Morgan fingerprint density at radius 1 is 1.22 bits per heavy atom. The first kappa shape index (κ1) is 28.7. The van der Waals surface area contributed by atoms with Crippen LogP contribution in [0.5, 0.6) is 5.75 Å². The molecule has 2 amide bonds. The minimum Gasteiger partial charge on any atom is -0.496 e. The van der Waals surface area contributed by atoms with Crippen molar-refractivity contribution in [3.05, 3.63) is 45.9 Å².